The van der Waals surface area contributed by atoms with Crippen molar-refractivity contribution in [1.29, 1.82) is 0 Å². The van der Waals surface area contributed by atoms with Crippen molar-refractivity contribution in [2.24, 2.45) is 0 Å². The van der Waals surface area contributed by atoms with Crippen LogP contribution in [0.5, 0.6) is 0 Å². The maximum absolute atomic E-state index is 11.5. The molecule has 1 N–H and O–H groups in total. The predicted molar refractivity (Wildman–Crippen MR) is 63.9 cm³/mol. The number of hydrogen-bond acceptors (Lipinski definition) is 5. The Bertz CT molecular complexity index is 289. The standard InChI is InChI=1S/C9H13NO4S2/c11-8(2-4-16-6-9(12)13)10(14)7-1-3-15-5-7/h7H,1-6H2/p+1. The Morgan fingerprint density at radius 3 is 2.81 bits per heavy atom. The second-order valence-corrected chi connectivity index (χ2v) is 5.69. The summed E-state index contributed by atoms with van der Waals surface area (Å²) in [5.41, 5.74) is 0. The molecule has 1 atom stereocenters. The molecule has 1 unspecified atom stereocenters. The van der Waals surface area contributed by atoms with E-state index in [2.05, 4.69) is 0 Å². The zero-order valence-electron chi connectivity index (χ0n) is 8.76. The second-order valence-electron chi connectivity index (χ2n) is 3.43. The minimum absolute atomic E-state index is 0.0224. The van der Waals surface area contributed by atoms with E-state index in [1.165, 1.54) is 0 Å². The Hall–Kier alpha value is -0.560. The summed E-state index contributed by atoms with van der Waals surface area (Å²) < 4.78 is 0.571. The van der Waals surface area contributed by atoms with Gasteiger partial charge in [0.15, 0.2) is 0 Å². The first kappa shape index (κ1) is 13.5. The molecule has 1 fully saturated rings. The summed E-state index contributed by atoms with van der Waals surface area (Å²) in [5, 5.41) is 8.38. The van der Waals surface area contributed by atoms with E-state index in [0.29, 0.717) is 10.5 Å². The van der Waals surface area contributed by atoms with E-state index in [4.69, 9.17) is 5.11 Å². The zero-order valence-corrected chi connectivity index (χ0v) is 10.4. The fourth-order valence-corrected chi connectivity index (χ4v) is 3.16. The number of rotatable bonds is 6. The van der Waals surface area contributed by atoms with Crippen LogP contribution < -0.4 is 0 Å². The molecule has 7 heteroatoms. The van der Waals surface area contributed by atoms with Crippen LogP contribution in [0.4, 0.5) is 0 Å². The van der Waals surface area contributed by atoms with Gasteiger partial charge in [-0.05, 0) is 0 Å². The summed E-state index contributed by atoms with van der Waals surface area (Å²) >= 11 is 2.84. The lowest BCUT2D eigenvalue weighted by Crippen LogP contribution is -2.29. The molecule has 1 aliphatic rings. The third-order valence-electron chi connectivity index (χ3n) is 2.17. The fourth-order valence-electron chi connectivity index (χ4n) is 1.34. The van der Waals surface area contributed by atoms with E-state index in [-0.39, 0.29) is 18.2 Å². The summed E-state index contributed by atoms with van der Waals surface area (Å²) in [7, 11) is 0. The van der Waals surface area contributed by atoms with E-state index in [1.54, 1.807) is 11.8 Å². The van der Waals surface area contributed by atoms with Crippen molar-refractivity contribution in [2.45, 2.75) is 18.9 Å². The number of nitrogens with zero attached hydrogens (tertiary/aromatic N) is 1. The van der Waals surface area contributed by atoms with Gasteiger partial charge in [0.1, 0.15) is 0 Å². The summed E-state index contributed by atoms with van der Waals surface area (Å²) in [4.78, 5) is 33.1. The van der Waals surface area contributed by atoms with Gasteiger partial charge >= 0.3 is 11.9 Å². The summed E-state index contributed by atoms with van der Waals surface area (Å²) in [6.07, 6.45) is 0.894. The Morgan fingerprint density at radius 1 is 1.50 bits per heavy atom. The monoisotopic (exact) mass is 264 g/mol. The largest absolute Gasteiger partial charge is 0.481 e. The molecule has 0 aliphatic carbocycles. The van der Waals surface area contributed by atoms with Gasteiger partial charge in [0.25, 0.3) is 0 Å². The van der Waals surface area contributed by atoms with Gasteiger partial charge in [0.05, 0.1) is 22.7 Å². The molecule has 0 aromatic carbocycles. The van der Waals surface area contributed by atoms with Crippen molar-refractivity contribution in [3.05, 3.63) is 4.91 Å². The topological polar surface area (TPSA) is 74.4 Å². The van der Waals surface area contributed by atoms with E-state index < -0.39 is 11.9 Å². The van der Waals surface area contributed by atoms with Crippen LogP contribution >= 0.6 is 23.5 Å². The van der Waals surface area contributed by atoms with Gasteiger partial charge in [-0.25, -0.2) is 4.79 Å². The Labute approximate surface area is 102 Å². The lowest BCUT2D eigenvalue weighted by atomic mass is 10.2. The molecule has 0 aromatic heterocycles. The second kappa shape index (κ2) is 6.90. The smallest absolute Gasteiger partial charge is 0.434 e. The minimum Gasteiger partial charge on any atom is -0.481 e. The van der Waals surface area contributed by atoms with Crippen LogP contribution in [0.25, 0.3) is 0 Å². The Balaban J connectivity index is 2.18. The number of hydrogen-bond donors (Lipinski definition) is 1. The van der Waals surface area contributed by atoms with E-state index in [0.717, 1.165) is 29.7 Å². The van der Waals surface area contributed by atoms with Gasteiger partial charge in [-0.15, -0.1) is 11.8 Å². The van der Waals surface area contributed by atoms with Crippen LogP contribution in [0.3, 0.4) is 0 Å². The highest BCUT2D eigenvalue weighted by atomic mass is 32.2. The molecule has 1 aliphatic heterocycles. The first-order valence-corrected chi connectivity index (χ1v) is 7.28. The zero-order chi connectivity index (χ0) is 12.0. The molecule has 16 heavy (non-hydrogen) atoms. The lowest BCUT2D eigenvalue weighted by Gasteiger charge is -1.98. The highest BCUT2D eigenvalue weighted by molar-refractivity contribution is 8.00. The average molecular weight is 264 g/mol. The molecule has 1 saturated heterocycles. The van der Waals surface area contributed by atoms with E-state index in [9.17, 15) is 14.5 Å². The first-order chi connectivity index (χ1) is 7.61. The quantitative estimate of drug-likeness (QED) is 0.570. The molecule has 0 saturated carbocycles. The van der Waals surface area contributed by atoms with Gasteiger partial charge in [0, 0.05) is 22.8 Å². The average Bonchev–Trinajstić information content (AvgIpc) is 2.76. The predicted octanol–water partition coefficient (Wildman–Crippen LogP) is 1.01. The number of carbonyl (C=O) groups excluding carboxylic acids is 1. The van der Waals surface area contributed by atoms with E-state index in [1.807, 2.05) is 0 Å². The molecular weight excluding hydrogens is 250 g/mol. The maximum Gasteiger partial charge on any atom is 0.434 e. The number of carboxylic acid groups (broad SMARTS) is 1. The summed E-state index contributed by atoms with van der Waals surface area (Å²) in [6, 6.07) is -0.179. The number of thioether (sulfide) groups is 2. The molecule has 1 rings (SSSR count). The number of aliphatic carboxylic acids is 1. The third kappa shape index (κ3) is 4.52. The van der Waals surface area contributed by atoms with Crippen LogP contribution in [0.15, 0.2) is 0 Å². The Kier molecular flexibility index (Phi) is 5.83. The van der Waals surface area contributed by atoms with Crippen molar-refractivity contribution in [3.63, 3.8) is 0 Å². The molecule has 90 valence electrons. The number of carboxylic acids is 1. The first-order valence-electron chi connectivity index (χ1n) is 4.97. The molecule has 1 amide bonds. The molecule has 5 nitrogen and oxygen atoms in total. The lowest BCUT2D eigenvalue weighted by molar-refractivity contribution is -0.501. The molecule has 1 heterocycles. The molecule has 0 bridgehead atoms. The summed E-state index contributed by atoms with van der Waals surface area (Å²) in [5.74, 6) is 0.700. The highest BCUT2D eigenvalue weighted by Crippen LogP contribution is 2.20. The SMILES string of the molecule is O=C(O)CSCCC(=O)[N+](=O)C1CCSC1. The van der Waals surface area contributed by atoms with Gasteiger partial charge in [0.2, 0.25) is 6.04 Å². The van der Waals surface area contributed by atoms with Crippen molar-refractivity contribution >= 4 is 35.4 Å². The van der Waals surface area contributed by atoms with Crippen molar-refractivity contribution in [1.82, 2.24) is 0 Å². The molecule has 0 aromatic rings. The summed E-state index contributed by atoms with van der Waals surface area (Å²) in [6.45, 7) is 0. The van der Waals surface area contributed by atoms with Crippen molar-refractivity contribution in [3.8, 4) is 0 Å². The van der Waals surface area contributed by atoms with Crippen molar-refractivity contribution in [2.75, 3.05) is 23.0 Å². The normalized spacial score (nSPS) is 19.6. The van der Waals surface area contributed by atoms with Crippen LogP contribution in [0.1, 0.15) is 12.8 Å². The maximum atomic E-state index is 11.5. The molecule has 0 spiro atoms. The molecular formula is C9H14NO4S2+. The number of amides is 1. The van der Waals surface area contributed by atoms with Crippen LogP contribution in [0.2, 0.25) is 0 Å². The van der Waals surface area contributed by atoms with Crippen molar-refractivity contribution < 1.29 is 19.5 Å². The fraction of sp³-hybridized carbons (Fsp3) is 0.778. The number of nitroso groups, excluding NO2 is 1. The van der Waals surface area contributed by atoms with E-state index >= 15 is 0 Å². The highest BCUT2D eigenvalue weighted by Gasteiger charge is 2.35. The van der Waals surface area contributed by atoms with Crippen LogP contribution in [-0.2, 0) is 9.59 Å². The van der Waals surface area contributed by atoms with Gasteiger partial charge < -0.3 is 5.11 Å². The van der Waals surface area contributed by atoms with Gasteiger partial charge in [-0.2, -0.15) is 11.8 Å². The minimum atomic E-state index is -0.899. The molecule has 0 radical (unpaired) electrons. The third-order valence-corrected chi connectivity index (χ3v) is 4.26. The van der Waals surface area contributed by atoms with Crippen LogP contribution in [0, 0.1) is 4.91 Å². The van der Waals surface area contributed by atoms with Crippen LogP contribution in [-0.4, -0.2) is 50.8 Å². The number of carbonyl (C=O) groups is 2. The van der Waals surface area contributed by atoms with Gasteiger partial charge in [-0.3, -0.25) is 4.79 Å². The Morgan fingerprint density at radius 2 is 2.25 bits per heavy atom. The van der Waals surface area contributed by atoms with Gasteiger partial charge in [-0.1, -0.05) is 0 Å².